The molecule has 0 unspecified atom stereocenters. The van der Waals surface area contributed by atoms with E-state index in [4.69, 9.17) is 0 Å². The van der Waals surface area contributed by atoms with Crippen molar-refractivity contribution in [3.05, 3.63) is 63.0 Å². The van der Waals surface area contributed by atoms with E-state index in [0.29, 0.717) is 6.54 Å². The molecule has 1 amide bonds. The molecule has 0 aliphatic carbocycles. The molecule has 0 aliphatic rings. The first-order valence-corrected chi connectivity index (χ1v) is 7.73. The Morgan fingerprint density at radius 1 is 1.00 bits per heavy atom. The summed E-state index contributed by atoms with van der Waals surface area (Å²) >= 11 is 6.84. The first kappa shape index (κ1) is 15.2. The lowest BCUT2D eigenvalue weighted by Gasteiger charge is -2.08. The Labute approximate surface area is 135 Å². The zero-order chi connectivity index (χ0) is 14.4. The van der Waals surface area contributed by atoms with Gasteiger partial charge < -0.3 is 10.6 Å². The van der Waals surface area contributed by atoms with Crippen LogP contribution in [0.5, 0.6) is 0 Å². The largest absolute Gasteiger partial charge is 0.325 e. The lowest BCUT2D eigenvalue weighted by Crippen LogP contribution is -2.27. The second-order valence-electron chi connectivity index (χ2n) is 4.25. The van der Waals surface area contributed by atoms with Gasteiger partial charge in [0.2, 0.25) is 5.91 Å². The second kappa shape index (κ2) is 7.57. The number of anilines is 1. The highest BCUT2D eigenvalue weighted by Crippen LogP contribution is 2.15. The molecule has 0 heterocycles. The molecule has 0 spiro atoms. The van der Waals surface area contributed by atoms with Gasteiger partial charge in [-0.3, -0.25) is 4.79 Å². The van der Waals surface area contributed by atoms with Crippen LogP contribution in [0.3, 0.4) is 0 Å². The van der Waals surface area contributed by atoms with E-state index >= 15 is 0 Å². The van der Waals surface area contributed by atoms with Gasteiger partial charge in [0.25, 0.3) is 0 Å². The van der Waals surface area contributed by atoms with Gasteiger partial charge >= 0.3 is 0 Å². The molecule has 0 aromatic heterocycles. The molecule has 0 atom stereocenters. The van der Waals surface area contributed by atoms with Gasteiger partial charge in [-0.15, -0.1) is 0 Å². The summed E-state index contributed by atoms with van der Waals surface area (Å²) in [5.41, 5.74) is 1.92. The van der Waals surface area contributed by atoms with Gasteiger partial charge in [0.15, 0.2) is 0 Å². The van der Waals surface area contributed by atoms with Crippen molar-refractivity contribution in [2.45, 2.75) is 6.54 Å². The van der Waals surface area contributed by atoms with Gasteiger partial charge in [-0.2, -0.15) is 0 Å². The summed E-state index contributed by atoms with van der Waals surface area (Å²) in [4.78, 5) is 11.8. The molecule has 0 radical (unpaired) electrons. The molecule has 0 saturated heterocycles. The van der Waals surface area contributed by atoms with Crippen LogP contribution in [0.2, 0.25) is 0 Å². The molecular weight excluding hydrogens is 384 g/mol. The van der Waals surface area contributed by atoms with Crippen molar-refractivity contribution in [2.24, 2.45) is 0 Å². The minimum atomic E-state index is -0.0561. The van der Waals surface area contributed by atoms with Crippen molar-refractivity contribution in [3.8, 4) is 0 Å². The summed E-state index contributed by atoms with van der Waals surface area (Å²) in [6, 6.07) is 15.4. The van der Waals surface area contributed by atoms with E-state index in [-0.39, 0.29) is 12.5 Å². The number of carbonyl (C=O) groups excluding carboxylic acids is 1. The summed E-state index contributed by atoms with van der Waals surface area (Å²) in [7, 11) is 0. The van der Waals surface area contributed by atoms with Crippen LogP contribution in [0.15, 0.2) is 57.5 Å². The molecule has 3 nitrogen and oxygen atoms in total. The van der Waals surface area contributed by atoms with Gasteiger partial charge in [-0.05, 0) is 35.9 Å². The number of nitrogens with one attached hydrogen (secondary N) is 2. The number of benzene rings is 2. The van der Waals surface area contributed by atoms with Crippen molar-refractivity contribution in [2.75, 3.05) is 11.9 Å². The fourth-order valence-electron chi connectivity index (χ4n) is 1.69. The standard InChI is InChI=1S/C15H14Br2N2O/c16-12-5-7-13(8-6-12)19-15(20)10-18-9-11-3-1-2-4-14(11)17/h1-8,18H,9-10H2,(H,19,20). The normalized spacial score (nSPS) is 10.3. The Morgan fingerprint density at radius 3 is 2.40 bits per heavy atom. The lowest BCUT2D eigenvalue weighted by molar-refractivity contribution is -0.115. The number of amides is 1. The molecule has 2 N–H and O–H groups in total. The highest BCUT2D eigenvalue weighted by atomic mass is 79.9. The zero-order valence-corrected chi connectivity index (χ0v) is 13.9. The number of rotatable bonds is 5. The third kappa shape index (κ3) is 4.74. The summed E-state index contributed by atoms with van der Waals surface area (Å²) in [6.45, 7) is 0.923. The van der Waals surface area contributed by atoms with Crippen LogP contribution in [-0.4, -0.2) is 12.5 Å². The molecule has 2 aromatic carbocycles. The smallest absolute Gasteiger partial charge is 0.238 e. The highest BCUT2D eigenvalue weighted by molar-refractivity contribution is 9.10. The minimum Gasteiger partial charge on any atom is -0.325 e. The first-order chi connectivity index (χ1) is 9.65. The predicted molar refractivity (Wildman–Crippen MR) is 88.6 cm³/mol. The van der Waals surface area contributed by atoms with Crippen LogP contribution in [-0.2, 0) is 11.3 Å². The van der Waals surface area contributed by atoms with Gasteiger partial charge in [0.1, 0.15) is 0 Å². The van der Waals surface area contributed by atoms with E-state index in [9.17, 15) is 4.79 Å². The quantitative estimate of drug-likeness (QED) is 0.802. The predicted octanol–water partition coefficient (Wildman–Crippen LogP) is 3.94. The summed E-state index contributed by atoms with van der Waals surface area (Å²) in [5.74, 6) is -0.0561. The van der Waals surface area contributed by atoms with E-state index in [1.807, 2.05) is 48.5 Å². The summed E-state index contributed by atoms with van der Waals surface area (Å²) in [6.07, 6.45) is 0. The van der Waals surface area contributed by atoms with E-state index in [2.05, 4.69) is 42.5 Å². The van der Waals surface area contributed by atoms with Crippen LogP contribution in [0.4, 0.5) is 5.69 Å². The first-order valence-electron chi connectivity index (χ1n) is 6.15. The monoisotopic (exact) mass is 396 g/mol. The van der Waals surface area contributed by atoms with Crippen LogP contribution in [0.25, 0.3) is 0 Å². The number of halogens is 2. The topological polar surface area (TPSA) is 41.1 Å². The number of hydrogen-bond donors (Lipinski definition) is 2. The minimum absolute atomic E-state index is 0.0561. The molecular formula is C15H14Br2N2O. The zero-order valence-electron chi connectivity index (χ0n) is 10.7. The lowest BCUT2D eigenvalue weighted by atomic mass is 10.2. The maximum atomic E-state index is 11.8. The molecule has 0 saturated carbocycles. The van der Waals surface area contributed by atoms with Crippen LogP contribution < -0.4 is 10.6 Å². The Balaban J connectivity index is 1.78. The molecule has 20 heavy (non-hydrogen) atoms. The van der Waals surface area contributed by atoms with Crippen molar-refractivity contribution >= 4 is 43.5 Å². The maximum Gasteiger partial charge on any atom is 0.238 e. The average Bonchev–Trinajstić information content (AvgIpc) is 2.43. The van der Waals surface area contributed by atoms with Gasteiger partial charge in [0.05, 0.1) is 6.54 Å². The van der Waals surface area contributed by atoms with E-state index in [1.165, 1.54) is 0 Å². The fourth-order valence-corrected chi connectivity index (χ4v) is 2.38. The third-order valence-corrected chi connectivity index (χ3v) is 3.99. The highest BCUT2D eigenvalue weighted by Gasteiger charge is 2.03. The van der Waals surface area contributed by atoms with Gasteiger partial charge in [-0.25, -0.2) is 0 Å². The van der Waals surface area contributed by atoms with Crippen molar-refractivity contribution in [1.82, 2.24) is 5.32 Å². The number of hydrogen-bond acceptors (Lipinski definition) is 2. The molecule has 0 aliphatic heterocycles. The SMILES string of the molecule is O=C(CNCc1ccccc1Br)Nc1ccc(Br)cc1. The summed E-state index contributed by atoms with van der Waals surface area (Å²) < 4.78 is 2.03. The van der Waals surface area contributed by atoms with E-state index in [0.717, 1.165) is 20.2 Å². The van der Waals surface area contributed by atoms with Gasteiger partial charge in [-0.1, -0.05) is 50.1 Å². The molecule has 5 heteroatoms. The second-order valence-corrected chi connectivity index (χ2v) is 6.02. The van der Waals surface area contributed by atoms with Gasteiger partial charge in [0, 0.05) is 21.2 Å². The van der Waals surface area contributed by atoms with Crippen LogP contribution in [0.1, 0.15) is 5.56 Å². The third-order valence-electron chi connectivity index (χ3n) is 2.69. The van der Waals surface area contributed by atoms with Crippen molar-refractivity contribution < 1.29 is 4.79 Å². The number of carbonyl (C=O) groups is 1. The molecule has 0 bridgehead atoms. The maximum absolute atomic E-state index is 11.8. The molecule has 0 fully saturated rings. The summed E-state index contributed by atoms with van der Waals surface area (Å²) in [5, 5.41) is 5.96. The average molecular weight is 398 g/mol. The Hall–Kier alpha value is -1.17. The Kier molecular flexibility index (Phi) is 5.76. The fraction of sp³-hybridized carbons (Fsp3) is 0.133. The van der Waals surface area contributed by atoms with E-state index in [1.54, 1.807) is 0 Å². The van der Waals surface area contributed by atoms with Crippen LogP contribution >= 0.6 is 31.9 Å². The molecule has 2 rings (SSSR count). The molecule has 104 valence electrons. The Morgan fingerprint density at radius 2 is 1.70 bits per heavy atom. The Bertz CT molecular complexity index is 585. The van der Waals surface area contributed by atoms with E-state index < -0.39 is 0 Å². The van der Waals surface area contributed by atoms with Crippen molar-refractivity contribution in [1.29, 1.82) is 0 Å². The molecule has 2 aromatic rings. The van der Waals surface area contributed by atoms with Crippen molar-refractivity contribution in [3.63, 3.8) is 0 Å². The van der Waals surface area contributed by atoms with Crippen LogP contribution in [0, 0.1) is 0 Å².